The lowest BCUT2D eigenvalue weighted by molar-refractivity contribution is -0.0486. The van der Waals surface area contributed by atoms with Gasteiger partial charge in [-0.2, -0.15) is 0 Å². The fourth-order valence-electron chi connectivity index (χ4n) is 3.05. The Morgan fingerprint density at radius 3 is 2.62 bits per heavy atom. The Kier molecular flexibility index (Phi) is 6.50. The van der Waals surface area contributed by atoms with Gasteiger partial charge >= 0.3 is 6.16 Å². The lowest BCUT2D eigenvalue weighted by Gasteiger charge is -2.22. The molecule has 2 heterocycles. The van der Waals surface area contributed by atoms with Crippen LogP contribution in [0.1, 0.15) is 37.8 Å². The van der Waals surface area contributed by atoms with Crippen LogP contribution < -0.4 is 5.32 Å². The molecule has 0 unspecified atom stereocenters. The molecule has 0 amide bonds. The Hall–Kier alpha value is -2.10. The summed E-state index contributed by atoms with van der Waals surface area (Å²) in [6.45, 7) is 5.56. The topological polar surface area (TPSA) is 80.7 Å². The molecule has 0 saturated carbocycles. The number of rotatable bonds is 5. The van der Waals surface area contributed by atoms with E-state index in [0.29, 0.717) is 17.8 Å². The minimum absolute atomic E-state index is 0.196. The molecule has 1 aromatic heterocycles. The van der Waals surface area contributed by atoms with Gasteiger partial charge < -0.3 is 19.9 Å². The molecule has 1 aliphatic rings. The van der Waals surface area contributed by atoms with Crippen molar-refractivity contribution in [1.82, 2.24) is 10.3 Å². The van der Waals surface area contributed by atoms with E-state index in [1.54, 1.807) is 20.8 Å². The molecule has 1 aromatic carbocycles. The van der Waals surface area contributed by atoms with Crippen molar-refractivity contribution in [1.29, 1.82) is 0 Å². The summed E-state index contributed by atoms with van der Waals surface area (Å²) < 4.78 is 35.7. The molecular weight excluding hydrogens is 402 g/mol. The number of thiazole rings is 1. The molecule has 0 radical (unpaired) electrons. The Morgan fingerprint density at radius 2 is 2.03 bits per heavy atom. The monoisotopic (exact) mass is 426 g/mol. The number of nitrogens with zero attached hydrogens (tertiary/aromatic N) is 1. The van der Waals surface area contributed by atoms with Crippen LogP contribution in [0.2, 0.25) is 0 Å². The smallest absolute Gasteiger partial charge is 0.429 e. The zero-order valence-electron chi connectivity index (χ0n) is 16.4. The van der Waals surface area contributed by atoms with E-state index in [4.69, 9.17) is 9.47 Å². The predicted molar refractivity (Wildman–Crippen MR) is 105 cm³/mol. The molecule has 29 heavy (non-hydrogen) atoms. The van der Waals surface area contributed by atoms with Crippen LogP contribution in [-0.4, -0.2) is 46.6 Å². The van der Waals surface area contributed by atoms with Crippen LogP contribution in [0.5, 0.6) is 0 Å². The maximum absolute atomic E-state index is 12.7. The zero-order chi connectivity index (χ0) is 21.2. The average molecular weight is 426 g/mol. The van der Waals surface area contributed by atoms with E-state index >= 15 is 0 Å². The van der Waals surface area contributed by atoms with E-state index in [1.807, 2.05) is 24.3 Å². The van der Waals surface area contributed by atoms with E-state index < -0.39 is 30.4 Å². The highest BCUT2D eigenvalue weighted by Crippen LogP contribution is 2.31. The molecule has 2 N–H and O–H groups in total. The second-order valence-corrected chi connectivity index (χ2v) is 8.95. The van der Waals surface area contributed by atoms with Crippen molar-refractivity contribution < 1.29 is 28.2 Å². The van der Waals surface area contributed by atoms with Crippen LogP contribution in [0.3, 0.4) is 0 Å². The number of carbonyl (C=O) groups excluding carboxylic acids is 1. The van der Waals surface area contributed by atoms with Crippen LogP contribution >= 0.6 is 11.3 Å². The van der Waals surface area contributed by atoms with Crippen molar-refractivity contribution >= 4 is 17.5 Å². The minimum atomic E-state index is -2.57. The molecule has 9 heteroatoms. The summed E-state index contributed by atoms with van der Waals surface area (Å²) in [4.78, 5) is 16.2. The second kappa shape index (κ2) is 8.73. The predicted octanol–water partition coefficient (Wildman–Crippen LogP) is 3.94. The van der Waals surface area contributed by atoms with E-state index in [1.165, 1.54) is 6.20 Å². The summed E-state index contributed by atoms with van der Waals surface area (Å²) >= 11 is 0.969. The van der Waals surface area contributed by atoms with E-state index in [0.717, 1.165) is 22.5 Å². The quantitative estimate of drug-likeness (QED) is 0.705. The Balaban J connectivity index is 1.57. The first kappa shape index (κ1) is 21.6. The molecular formula is C20H24F2N2O4S. The van der Waals surface area contributed by atoms with Crippen LogP contribution in [0.4, 0.5) is 13.6 Å². The van der Waals surface area contributed by atoms with E-state index in [-0.39, 0.29) is 11.0 Å². The third-order valence-electron chi connectivity index (χ3n) is 4.42. The van der Waals surface area contributed by atoms with Gasteiger partial charge in [-0.25, -0.2) is 18.6 Å². The van der Waals surface area contributed by atoms with Gasteiger partial charge in [0.2, 0.25) is 0 Å². The van der Waals surface area contributed by atoms with Gasteiger partial charge in [0.15, 0.2) is 5.01 Å². The summed E-state index contributed by atoms with van der Waals surface area (Å²) in [5.74, 6) is 0. The number of aliphatic hydroxyl groups excluding tert-OH is 1. The highest BCUT2D eigenvalue weighted by Gasteiger charge is 2.37. The number of carbonyl (C=O) groups is 1. The molecule has 1 saturated heterocycles. The Morgan fingerprint density at radius 1 is 1.34 bits per heavy atom. The van der Waals surface area contributed by atoms with Gasteiger partial charge in [0, 0.05) is 18.8 Å². The van der Waals surface area contributed by atoms with Gasteiger partial charge in [-0.3, -0.25) is 0 Å². The van der Waals surface area contributed by atoms with Crippen molar-refractivity contribution in [3.63, 3.8) is 0 Å². The largest absolute Gasteiger partial charge is 0.509 e. The molecule has 3 rings (SSSR count). The molecule has 3 atom stereocenters. The third-order valence-corrected chi connectivity index (χ3v) is 5.47. The lowest BCUT2D eigenvalue weighted by Crippen LogP contribution is -2.37. The average Bonchev–Trinajstić information content (AvgIpc) is 3.24. The van der Waals surface area contributed by atoms with Crippen LogP contribution in [0.25, 0.3) is 10.4 Å². The number of alkyl halides is 2. The van der Waals surface area contributed by atoms with Crippen molar-refractivity contribution in [2.24, 2.45) is 0 Å². The fraction of sp³-hybridized carbons (Fsp3) is 0.500. The van der Waals surface area contributed by atoms with E-state index in [2.05, 4.69) is 10.3 Å². The van der Waals surface area contributed by atoms with E-state index in [9.17, 15) is 18.7 Å². The molecule has 1 fully saturated rings. The molecule has 158 valence electrons. The number of nitrogens with one attached hydrogen (secondary N) is 1. The fourth-order valence-corrected chi connectivity index (χ4v) is 3.83. The Bertz CT molecular complexity index is 836. The first-order valence-corrected chi connectivity index (χ1v) is 10.1. The maximum atomic E-state index is 12.7. The Labute approximate surface area is 171 Å². The van der Waals surface area contributed by atoms with Crippen LogP contribution in [0.15, 0.2) is 30.5 Å². The maximum Gasteiger partial charge on any atom is 0.509 e. The van der Waals surface area contributed by atoms with Gasteiger partial charge in [-0.1, -0.05) is 24.3 Å². The number of aliphatic hydroxyl groups is 1. The molecule has 0 aliphatic carbocycles. The summed E-state index contributed by atoms with van der Waals surface area (Å²) in [5, 5.41) is 13.4. The second-order valence-electron chi connectivity index (χ2n) is 7.89. The van der Waals surface area contributed by atoms with Gasteiger partial charge in [-0.15, -0.1) is 11.3 Å². The van der Waals surface area contributed by atoms with Gasteiger partial charge in [0.05, 0.1) is 4.88 Å². The molecule has 1 aliphatic heterocycles. The first-order valence-electron chi connectivity index (χ1n) is 9.26. The number of hydrogen-bond donors (Lipinski definition) is 2. The van der Waals surface area contributed by atoms with Crippen LogP contribution in [0, 0.1) is 0 Å². The molecule has 2 aromatic rings. The minimum Gasteiger partial charge on any atom is -0.429 e. The number of ether oxygens (including phenoxy) is 2. The summed E-state index contributed by atoms with van der Waals surface area (Å²) in [5.41, 5.74) is 1.11. The van der Waals surface area contributed by atoms with Gasteiger partial charge in [0.25, 0.3) is 6.43 Å². The van der Waals surface area contributed by atoms with Crippen molar-refractivity contribution in [3.05, 3.63) is 41.0 Å². The highest BCUT2D eigenvalue weighted by atomic mass is 32.1. The lowest BCUT2D eigenvalue weighted by atomic mass is 10.0. The normalized spacial score (nSPS) is 22.1. The number of halogens is 2. The molecule has 0 spiro atoms. The summed E-state index contributed by atoms with van der Waals surface area (Å²) in [6, 6.07) is 7.17. The SMILES string of the molecule is CC(C)(C)OC(=O)O[C@H]1CN[C@H](Cc2ccc(-c3cnc(C(F)F)s3)cc2)[C@@H]1O. The number of aromatic nitrogens is 1. The number of hydrogen-bond acceptors (Lipinski definition) is 7. The highest BCUT2D eigenvalue weighted by molar-refractivity contribution is 7.15. The molecule has 6 nitrogen and oxygen atoms in total. The van der Waals surface area contributed by atoms with Crippen LogP contribution in [-0.2, 0) is 15.9 Å². The van der Waals surface area contributed by atoms with Crippen molar-refractivity contribution in [2.75, 3.05) is 6.54 Å². The van der Waals surface area contributed by atoms with Gasteiger partial charge in [0.1, 0.15) is 17.8 Å². The number of benzene rings is 1. The summed E-state index contributed by atoms with van der Waals surface area (Å²) in [6.07, 6.45) is -2.95. The zero-order valence-corrected chi connectivity index (χ0v) is 17.2. The van der Waals surface area contributed by atoms with Crippen molar-refractivity contribution in [2.45, 2.75) is 57.5 Å². The van der Waals surface area contributed by atoms with Crippen molar-refractivity contribution in [3.8, 4) is 10.4 Å². The standard InChI is InChI=1S/C20H24F2N2O4S/c1-20(2,3)28-19(26)27-14-9-23-13(16(14)25)8-11-4-6-12(7-5-11)15-10-24-18(29-15)17(21)22/h4-7,10,13-14,16-17,23,25H,8-9H2,1-3H3/t13-,14+,16+/m1/s1. The third kappa shape index (κ3) is 5.71. The first-order chi connectivity index (χ1) is 13.6. The summed E-state index contributed by atoms with van der Waals surface area (Å²) in [7, 11) is 0. The molecule has 0 bridgehead atoms. The van der Waals surface area contributed by atoms with Gasteiger partial charge in [-0.05, 0) is 38.3 Å².